The van der Waals surface area contributed by atoms with Crippen LogP contribution in [0.3, 0.4) is 0 Å². The number of rotatable bonds is 5. The van der Waals surface area contributed by atoms with Crippen molar-refractivity contribution in [2.45, 2.75) is 37.8 Å². The Balaban J connectivity index is 1.66. The van der Waals surface area contributed by atoms with Gasteiger partial charge < -0.3 is 15.3 Å². The first-order valence-corrected chi connectivity index (χ1v) is 8.00. The molecule has 1 saturated heterocycles. The number of piperidine rings is 1. The Morgan fingerprint density at radius 3 is 2.48 bits per heavy atom. The van der Waals surface area contributed by atoms with Crippen molar-refractivity contribution in [3.05, 3.63) is 35.9 Å². The summed E-state index contributed by atoms with van der Waals surface area (Å²) >= 11 is 0. The summed E-state index contributed by atoms with van der Waals surface area (Å²) in [6, 6.07) is 9.61. The van der Waals surface area contributed by atoms with Gasteiger partial charge in [0.15, 0.2) is 6.10 Å². The van der Waals surface area contributed by atoms with Crippen LogP contribution in [0.2, 0.25) is 0 Å². The number of hydrogen-bond donors (Lipinski definition) is 2. The first-order valence-electron chi connectivity index (χ1n) is 8.00. The monoisotopic (exact) mass is 288 g/mol. The van der Waals surface area contributed by atoms with E-state index in [4.69, 9.17) is 0 Å². The lowest BCUT2D eigenvalue weighted by Crippen LogP contribution is -2.42. The standard InChI is InChI=1S/C17H24N2O2/c20-16(14-4-2-1-3-5-14)17(21)19(15-6-7-15)12-13-8-10-18-11-9-13/h1-5,13,15-16,18,20H,6-12H2. The second-order valence-corrected chi connectivity index (χ2v) is 6.23. The molecule has 1 aromatic rings. The van der Waals surface area contributed by atoms with Gasteiger partial charge in [0.1, 0.15) is 0 Å². The average Bonchev–Trinajstić information content (AvgIpc) is 3.38. The number of aliphatic hydroxyl groups is 1. The minimum absolute atomic E-state index is 0.123. The van der Waals surface area contributed by atoms with Crippen LogP contribution in [0.15, 0.2) is 30.3 Å². The highest BCUT2D eigenvalue weighted by Gasteiger charge is 2.37. The van der Waals surface area contributed by atoms with Crippen LogP contribution in [0.4, 0.5) is 0 Å². The molecule has 1 heterocycles. The van der Waals surface area contributed by atoms with Crippen LogP contribution in [-0.4, -0.2) is 41.6 Å². The van der Waals surface area contributed by atoms with Crippen molar-refractivity contribution in [3.8, 4) is 0 Å². The molecule has 0 radical (unpaired) electrons. The Morgan fingerprint density at radius 2 is 1.86 bits per heavy atom. The first-order chi connectivity index (χ1) is 10.3. The number of nitrogens with zero attached hydrogens (tertiary/aromatic N) is 1. The largest absolute Gasteiger partial charge is 0.378 e. The molecule has 114 valence electrons. The van der Waals surface area contributed by atoms with E-state index in [0.717, 1.165) is 45.3 Å². The minimum Gasteiger partial charge on any atom is -0.378 e. The Hall–Kier alpha value is -1.39. The predicted molar refractivity (Wildman–Crippen MR) is 81.7 cm³/mol. The highest BCUT2D eigenvalue weighted by Crippen LogP contribution is 2.31. The van der Waals surface area contributed by atoms with Gasteiger partial charge in [-0.3, -0.25) is 4.79 Å². The van der Waals surface area contributed by atoms with Crippen molar-refractivity contribution in [1.82, 2.24) is 10.2 Å². The summed E-state index contributed by atoms with van der Waals surface area (Å²) in [5.41, 5.74) is 0.693. The van der Waals surface area contributed by atoms with E-state index >= 15 is 0 Å². The zero-order valence-electron chi connectivity index (χ0n) is 12.4. The Morgan fingerprint density at radius 1 is 1.19 bits per heavy atom. The molecule has 1 amide bonds. The Labute approximate surface area is 126 Å². The first kappa shape index (κ1) is 14.5. The summed E-state index contributed by atoms with van der Waals surface area (Å²) in [4.78, 5) is 14.6. The highest BCUT2D eigenvalue weighted by molar-refractivity contribution is 5.82. The van der Waals surface area contributed by atoms with Gasteiger partial charge in [-0.1, -0.05) is 30.3 Å². The van der Waals surface area contributed by atoms with Gasteiger partial charge in [-0.15, -0.1) is 0 Å². The second kappa shape index (κ2) is 6.58. The number of benzene rings is 1. The lowest BCUT2D eigenvalue weighted by Gasteiger charge is -2.31. The van der Waals surface area contributed by atoms with E-state index < -0.39 is 6.10 Å². The molecule has 1 aromatic carbocycles. The number of hydrogen-bond acceptors (Lipinski definition) is 3. The molecular weight excluding hydrogens is 264 g/mol. The summed E-state index contributed by atoms with van der Waals surface area (Å²) in [5.74, 6) is 0.445. The average molecular weight is 288 g/mol. The third-order valence-electron chi connectivity index (χ3n) is 4.53. The molecule has 1 unspecified atom stereocenters. The zero-order chi connectivity index (χ0) is 14.7. The lowest BCUT2D eigenvalue weighted by molar-refractivity contribution is -0.142. The summed E-state index contributed by atoms with van der Waals surface area (Å²) in [5, 5.41) is 13.7. The molecular formula is C17H24N2O2. The third kappa shape index (κ3) is 3.63. The van der Waals surface area contributed by atoms with E-state index in [0.29, 0.717) is 17.5 Å². The van der Waals surface area contributed by atoms with Crippen molar-refractivity contribution in [2.75, 3.05) is 19.6 Å². The van der Waals surface area contributed by atoms with Gasteiger partial charge >= 0.3 is 0 Å². The van der Waals surface area contributed by atoms with Gasteiger partial charge in [0, 0.05) is 12.6 Å². The van der Waals surface area contributed by atoms with E-state index in [1.165, 1.54) is 0 Å². The number of aliphatic hydroxyl groups excluding tert-OH is 1. The quantitative estimate of drug-likeness (QED) is 0.867. The van der Waals surface area contributed by atoms with E-state index in [1.807, 2.05) is 35.2 Å². The van der Waals surface area contributed by atoms with Crippen molar-refractivity contribution in [1.29, 1.82) is 0 Å². The van der Waals surface area contributed by atoms with Crippen molar-refractivity contribution >= 4 is 5.91 Å². The van der Waals surface area contributed by atoms with Crippen LogP contribution in [0.5, 0.6) is 0 Å². The zero-order valence-corrected chi connectivity index (χ0v) is 12.4. The molecule has 0 aromatic heterocycles. The van der Waals surface area contributed by atoms with Crippen molar-refractivity contribution in [2.24, 2.45) is 5.92 Å². The lowest BCUT2D eigenvalue weighted by atomic mass is 9.97. The maximum absolute atomic E-state index is 12.7. The molecule has 4 heteroatoms. The maximum atomic E-state index is 12.7. The number of amides is 1. The maximum Gasteiger partial charge on any atom is 0.256 e. The van der Waals surface area contributed by atoms with Crippen molar-refractivity contribution in [3.63, 3.8) is 0 Å². The highest BCUT2D eigenvalue weighted by atomic mass is 16.3. The molecule has 1 saturated carbocycles. The molecule has 21 heavy (non-hydrogen) atoms. The number of nitrogens with one attached hydrogen (secondary N) is 1. The Kier molecular flexibility index (Phi) is 4.56. The number of carbonyl (C=O) groups excluding carboxylic acids is 1. The summed E-state index contributed by atoms with van der Waals surface area (Å²) in [7, 11) is 0. The fraction of sp³-hybridized carbons (Fsp3) is 0.588. The smallest absolute Gasteiger partial charge is 0.256 e. The number of carbonyl (C=O) groups is 1. The van der Waals surface area contributed by atoms with Gasteiger partial charge in [0.25, 0.3) is 5.91 Å². The van der Waals surface area contributed by atoms with Gasteiger partial charge in [-0.25, -0.2) is 0 Å². The van der Waals surface area contributed by atoms with Crippen LogP contribution in [0.25, 0.3) is 0 Å². The summed E-state index contributed by atoms with van der Waals surface area (Å²) in [6.07, 6.45) is 3.39. The SMILES string of the molecule is O=C(C(O)c1ccccc1)N(CC1CCNCC1)C1CC1. The van der Waals surface area contributed by atoms with Crippen LogP contribution in [-0.2, 0) is 4.79 Å². The molecule has 1 aliphatic carbocycles. The Bertz CT molecular complexity index is 467. The molecule has 2 fully saturated rings. The van der Waals surface area contributed by atoms with Crippen LogP contribution in [0.1, 0.15) is 37.4 Å². The second-order valence-electron chi connectivity index (χ2n) is 6.23. The fourth-order valence-electron chi connectivity index (χ4n) is 3.08. The fourth-order valence-corrected chi connectivity index (χ4v) is 3.08. The minimum atomic E-state index is -1.02. The molecule has 1 atom stereocenters. The molecule has 4 nitrogen and oxygen atoms in total. The van der Waals surface area contributed by atoms with Crippen molar-refractivity contribution < 1.29 is 9.90 Å². The third-order valence-corrected chi connectivity index (χ3v) is 4.53. The molecule has 2 aliphatic rings. The van der Waals surface area contributed by atoms with Gasteiger partial charge in [0.2, 0.25) is 0 Å². The van der Waals surface area contributed by atoms with Crippen LogP contribution >= 0.6 is 0 Å². The summed E-state index contributed by atoms with van der Waals surface area (Å²) < 4.78 is 0. The topological polar surface area (TPSA) is 52.6 Å². The van der Waals surface area contributed by atoms with E-state index in [-0.39, 0.29) is 5.91 Å². The van der Waals surface area contributed by atoms with Crippen LogP contribution in [0, 0.1) is 5.92 Å². The van der Waals surface area contributed by atoms with Gasteiger partial charge in [-0.05, 0) is 50.3 Å². The van der Waals surface area contributed by atoms with E-state index in [1.54, 1.807) is 0 Å². The molecule has 2 N–H and O–H groups in total. The normalized spacial score (nSPS) is 21.0. The predicted octanol–water partition coefficient (Wildman–Crippen LogP) is 1.71. The summed E-state index contributed by atoms with van der Waals surface area (Å²) in [6.45, 7) is 2.88. The molecule has 1 aliphatic heterocycles. The van der Waals surface area contributed by atoms with Gasteiger partial charge in [0.05, 0.1) is 0 Å². The van der Waals surface area contributed by atoms with Gasteiger partial charge in [-0.2, -0.15) is 0 Å². The van der Waals surface area contributed by atoms with Crippen LogP contribution < -0.4 is 5.32 Å². The van der Waals surface area contributed by atoms with E-state index in [2.05, 4.69) is 5.32 Å². The molecule has 0 spiro atoms. The molecule has 3 rings (SSSR count). The molecule has 0 bridgehead atoms. The van der Waals surface area contributed by atoms with E-state index in [9.17, 15) is 9.90 Å².